The summed E-state index contributed by atoms with van der Waals surface area (Å²) in [5.41, 5.74) is 0.843. The van der Waals surface area contributed by atoms with Gasteiger partial charge in [-0.15, -0.1) is 0 Å². The van der Waals surface area contributed by atoms with E-state index in [9.17, 15) is 4.79 Å². The van der Waals surface area contributed by atoms with E-state index >= 15 is 0 Å². The lowest BCUT2D eigenvalue weighted by Gasteiger charge is -2.44. The third kappa shape index (κ3) is 3.75. The lowest BCUT2D eigenvalue weighted by Crippen LogP contribution is -2.47. The fourth-order valence-corrected chi connectivity index (χ4v) is 4.30. The van der Waals surface area contributed by atoms with Crippen molar-refractivity contribution in [2.75, 3.05) is 13.1 Å². The van der Waals surface area contributed by atoms with Crippen LogP contribution in [0.1, 0.15) is 55.3 Å². The number of ketones is 1. The second-order valence-electron chi connectivity index (χ2n) is 6.47. The quantitative estimate of drug-likeness (QED) is 0.735. The second kappa shape index (κ2) is 7.06. The van der Waals surface area contributed by atoms with Crippen LogP contribution in [-0.4, -0.2) is 29.8 Å². The molecular formula is C18H24BrNO. The van der Waals surface area contributed by atoms with Gasteiger partial charge >= 0.3 is 0 Å². The highest BCUT2D eigenvalue weighted by Crippen LogP contribution is 2.35. The zero-order chi connectivity index (χ0) is 14.7. The Morgan fingerprint density at radius 1 is 1.10 bits per heavy atom. The number of Topliss-reactive ketones (excluding diaryl/α,β-unsaturated/α-hetero) is 1. The first kappa shape index (κ1) is 15.2. The molecule has 1 aromatic rings. The van der Waals surface area contributed by atoms with Crippen molar-refractivity contribution in [1.82, 2.24) is 4.90 Å². The van der Waals surface area contributed by atoms with Crippen LogP contribution >= 0.6 is 15.9 Å². The Morgan fingerprint density at radius 2 is 1.81 bits per heavy atom. The number of carbonyl (C=O) groups excluding carboxylic acids is 1. The van der Waals surface area contributed by atoms with Crippen LogP contribution in [0.25, 0.3) is 0 Å². The molecule has 1 aromatic carbocycles. The van der Waals surface area contributed by atoms with Crippen molar-refractivity contribution in [2.45, 2.75) is 51.0 Å². The van der Waals surface area contributed by atoms with Gasteiger partial charge in [-0.25, -0.2) is 0 Å². The Labute approximate surface area is 136 Å². The molecule has 0 N–H and O–H groups in total. The number of hydrogen-bond donors (Lipinski definition) is 0. The van der Waals surface area contributed by atoms with Crippen LogP contribution in [-0.2, 0) is 0 Å². The standard InChI is InChI=1S/C18H24BrNO/c19-16-9-7-15(8-10-16)18(21)11-13-20-12-3-5-14-4-1-2-6-17(14)20/h7-10,14,17H,1-6,11-13H2. The average Bonchev–Trinajstić information content (AvgIpc) is 2.53. The Bertz CT molecular complexity index is 482. The van der Waals surface area contributed by atoms with Crippen molar-refractivity contribution in [3.63, 3.8) is 0 Å². The number of rotatable bonds is 4. The molecule has 0 amide bonds. The largest absolute Gasteiger partial charge is 0.300 e. The summed E-state index contributed by atoms with van der Waals surface area (Å²) < 4.78 is 1.03. The summed E-state index contributed by atoms with van der Waals surface area (Å²) in [5, 5.41) is 0. The molecule has 1 aliphatic heterocycles. The Kier molecular flexibility index (Phi) is 5.12. The number of benzene rings is 1. The summed E-state index contributed by atoms with van der Waals surface area (Å²) in [7, 11) is 0. The molecule has 0 spiro atoms. The third-order valence-electron chi connectivity index (χ3n) is 5.15. The number of halogens is 1. The molecule has 2 atom stereocenters. The van der Waals surface area contributed by atoms with Crippen molar-refractivity contribution in [1.29, 1.82) is 0 Å². The minimum absolute atomic E-state index is 0.278. The van der Waals surface area contributed by atoms with Crippen LogP contribution in [0.4, 0.5) is 0 Å². The lowest BCUT2D eigenvalue weighted by atomic mass is 9.78. The van der Waals surface area contributed by atoms with Gasteiger partial charge in [0.05, 0.1) is 0 Å². The third-order valence-corrected chi connectivity index (χ3v) is 5.68. The first-order chi connectivity index (χ1) is 10.2. The first-order valence-corrected chi connectivity index (χ1v) is 9.06. The van der Waals surface area contributed by atoms with Gasteiger partial charge in [-0.05, 0) is 50.3 Å². The molecule has 21 heavy (non-hydrogen) atoms. The molecule has 1 heterocycles. The Balaban J connectivity index is 1.56. The Morgan fingerprint density at radius 3 is 2.62 bits per heavy atom. The van der Waals surface area contributed by atoms with E-state index in [4.69, 9.17) is 0 Å². The zero-order valence-electron chi connectivity index (χ0n) is 12.6. The second-order valence-corrected chi connectivity index (χ2v) is 7.39. The van der Waals surface area contributed by atoms with Crippen LogP contribution in [0, 0.1) is 5.92 Å². The van der Waals surface area contributed by atoms with Gasteiger partial charge in [0.15, 0.2) is 5.78 Å². The van der Waals surface area contributed by atoms with Gasteiger partial charge in [0, 0.05) is 29.0 Å². The molecule has 1 saturated heterocycles. The molecule has 0 aromatic heterocycles. The summed E-state index contributed by atoms with van der Waals surface area (Å²) in [4.78, 5) is 14.9. The van der Waals surface area contributed by atoms with Gasteiger partial charge in [-0.3, -0.25) is 9.69 Å². The Hall–Kier alpha value is -0.670. The van der Waals surface area contributed by atoms with Gasteiger partial charge in [-0.2, -0.15) is 0 Å². The smallest absolute Gasteiger partial charge is 0.164 e. The summed E-state index contributed by atoms with van der Waals surface area (Å²) in [6.07, 6.45) is 8.91. The van der Waals surface area contributed by atoms with Gasteiger partial charge < -0.3 is 0 Å². The molecule has 0 bridgehead atoms. The van der Waals surface area contributed by atoms with Crippen molar-refractivity contribution >= 4 is 21.7 Å². The average molecular weight is 350 g/mol. The number of nitrogens with zero attached hydrogens (tertiary/aromatic N) is 1. The van der Waals surface area contributed by atoms with Crippen molar-refractivity contribution in [3.8, 4) is 0 Å². The summed E-state index contributed by atoms with van der Waals surface area (Å²) in [5.74, 6) is 1.18. The molecule has 2 nitrogen and oxygen atoms in total. The highest BCUT2D eigenvalue weighted by atomic mass is 79.9. The minimum atomic E-state index is 0.278. The fraction of sp³-hybridized carbons (Fsp3) is 0.611. The van der Waals surface area contributed by atoms with Crippen molar-refractivity contribution < 1.29 is 4.79 Å². The predicted molar refractivity (Wildman–Crippen MR) is 89.6 cm³/mol. The van der Waals surface area contributed by atoms with E-state index in [1.165, 1.54) is 45.1 Å². The zero-order valence-corrected chi connectivity index (χ0v) is 14.1. The highest BCUT2D eigenvalue weighted by Gasteiger charge is 2.32. The van der Waals surface area contributed by atoms with Crippen molar-refractivity contribution in [2.24, 2.45) is 5.92 Å². The van der Waals surface area contributed by atoms with Gasteiger partial charge in [0.1, 0.15) is 0 Å². The maximum atomic E-state index is 12.3. The molecule has 1 saturated carbocycles. The monoisotopic (exact) mass is 349 g/mol. The summed E-state index contributed by atoms with van der Waals surface area (Å²) >= 11 is 3.41. The first-order valence-electron chi connectivity index (χ1n) is 8.27. The number of piperidine rings is 1. The van der Waals surface area contributed by atoms with E-state index in [0.717, 1.165) is 28.5 Å². The van der Waals surface area contributed by atoms with E-state index in [-0.39, 0.29) is 5.78 Å². The molecule has 0 radical (unpaired) electrons. The molecule has 114 valence electrons. The van der Waals surface area contributed by atoms with Gasteiger partial charge in [0.25, 0.3) is 0 Å². The number of likely N-dealkylation sites (tertiary alicyclic amines) is 1. The van der Waals surface area contributed by atoms with Crippen LogP contribution in [0.5, 0.6) is 0 Å². The van der Waals surface area contributed by atoms with Crippen LogP contribution in [0.3, 0.4) is 0 Å². The topological polar surface area (TPSA) is 20.3 Å². The normalized spacial score (nSPS) is 26.3. The summed E-state index contributed by atoms with van der Waals surface area (Å²) in [6.45, 7) is 2.13. The fourth-order valence-electron chi connectivity index (χ4n) is 4.03. The lowest BCUT2D eigenvalue weighted by molar-refractivity contribution is 0.0575. The number of fused-ring (bicyclic) bond motifs is 1. The summed E-state index contributed by atoms with van der Waals surface area (Å²) in [6, 6.07) is 8.50. The van der Waals surface area contributed by atoms with Gasteiger partial charge in [0.2, 0.25) is 0 Å². The number of carbonyl (C=O) groups is 1. The highest BCUT2D eigenvalue weighted by molar-refractivity contribution is 9.10. The van der Waals surface area contributed by atoms with Crippen LogP contribution in [0.15, 0.2) is 28.7 Å². The van der Waals surface area contributed by atoms with E-state index in [1.54, 1.807) is 0 Å². The molecule has 3 heteroatoms. The molecule has 2 fully saturated rings. The van der Waals surface area contributed by atoms with Gasteiger partial charge in [-0.1, -0.05) is 40.9 Å². The van der Waals surface area contributed by atoms with E-state index in [0.29, 0.717) is 6.42 Å². The molecule has 2 aliphatic rings. The van der Waals surface area contributed by atoms with Crippen LogP contribution < -0.4 is 0 Å². The molecule has 1 aliphatic carbocycles. The molecular weight excluding hydrogens is 326 g/mol. The maximum Gasteiger partial charge on any atom is 0.164 e. The minimum Gasteiger partial charge on any atom is -0.300 e. The van der Waals surface area contributed by atoms with Crippen molar-refractivity contribution in [3.05, 3.63) is 34.3 Å². The van der Waals surface area contributed by atoms with E-state index in [1.807, 2.05) is 24.3 Å². The van der Waals surface area contributed by atoms with Crippen LogP contribution in [0.2, 0.25) is 0 Å². The van der Waals surface area contributed by atoms with E-state index in [2.05, 4.69) is 20.8 Å². The maximum absolute atomic E-state index is 12.3. The predicted octanol–water partition coefficient (Wildman–Crippen LogP) is 4.68. The molecule has 2 unspecified atom stereocenters. The number of hydrogen-bond acceptors (Lipinski definition) is 2. The van der Waals surface area contributed by atoms with E-state index < -0.39 is 0 Å². The molecule has 3 rings (SSSR count). The SMILES string of the molecule is O=C(CCN1CCCC2CCCCC21)c1ccc(Br)cc1.